The Morgan fingerprint density at radius 1 is 1.06 bits per heavy atom. The molecule has 2 N–H and O–H groups in total. The van der Waals surface area contributed by atoms with Crippen LogP contribution in [0.3, 0.4) is 0 Å². The number of hydrogen-bond donors (Lipinski definition) is 2. The van der Waals surface area contributed by atoms with Crippen molar-refractivity contribution in [3.8, 4) is 5.69 Å². The molecule has 7 nitrogen and oxygen atoms in total. The summed E-state index contributed by atoms with van der Waals surface area (Å²) in [7, 11) is 0. The molecule has 0 saturated carbocycles. The lowest BCUT2D eigenvalue weighted by atomic mass is 10.1. The van der Waals surface area contributed by atoms with Crippen molar-refractivity contribution in [2.75, 3.05) is 5.32 Å². The van der Waals surface area contributed by atoms with Gasteiger partial charge in [0.25, 0.3) is 5.91 Å². The summed E-state index contributed by atoms with van der Waals surface area (Å²) >= 11 is 12.3. The topological polar surface area (TPSA) is 89.2 Å². The van der Waals surface area contributed by atoms with Gasteiger partial charge in [0.2, 0.25) is 5.91 Å². The molecule has 0 saturated heterocycles. The zero-order valence-corrected chi connectivity index (χ0v) is 20.1. The van der Waals surface area contributed by atoms with Crippen LogP contribution in [0.25, 0.3) is 5.69 Å². The van der Waals surface area contributed by atoms with Gasteiger partial charge in [-0.15, -0.1) is 0 Å². The highest BCUT2D eigenvalue weighted by Gasteiger charge is 2.17. The molecule has 0 radical (unpaired) electrons. The SMILES string of the molecule is Cc1nn(-c2ccc(Cl)cc2Cl)c(C)c1CC(=O)NCc1ccc(NC(=O)c2ccco2)cc1. The van der Waals surface area contributed by atoms with Gasteiger partial charge in [0, 0.05) is 28.5 Å². The number of benzene rings is 2. The summed E-state index contributed by atoms with van der Waals surface area (Å²) in [5, 5.41) is 11.3. The number of amides is 2. The lowest BCUT2D eigenvalue weighted by molar-refractivity contribution is -0.120. The van der Waals surface area contributed by atoms with Crippen molar-refractivity contribution in [3.63, 3.8) is 0 Å². The number of nitrogens with one attached hydrogen (secondary N) is 2. The summed E-state index contributed by atoms with van der Waals surface area (Å²) < 4.78 is 6.81. The summed E-state index contributed by atoms with van der Waals surface area (Å²) in [6.45, 7) is 4.13. The highest BCUT2D eigenvalue weighted by atomic mass is 35.5. The summed E-state index contributed by atoms with van der Waals surface area (Å²) in [6.07, 6.45) is 1.64. The Kier molecular flexibility index (Phi) is 7.05. The number of nitrogens with zero attached hydrogens (tertiary/aromatic N) is 2. The molecule has 174 valence electrons. The predicted molar refractivity (Wildman–Crippen MR) is 132 cm³/mol. The molecule has 0 aliphatic heterocycles. The molecule has 0 fully saturated rings. The predicted octanol–water partition coefficient (Wildman–Crippen LogP) is 5.50. The zero-order chi connectivity index (χ0) is 24.2. The van der Waals surface area contributed by atoms with E-state index in [-0.39, 0.29) is 24.0 Å². The van der Waals surface area contributed by atoms with Crippen molar-refractivity contribution in [2.24, 2.45) is 0 Å². The van der Waals surface area contributed by atoms with Crippen LogP contribution in [0, 0.1) is 13.8 Å². The second kappa shape index (κ2) is 10.2. The molecule has 2 aromatic heterocycles. The van der Waals surface area contributed by atoms with Crippen molar-refractivity contribution in [1.82, 2.24) is 15.1 Å². The number of halogens is 2. The van der Waals surface area contributed by atoms with Crippen LogP contribution in [0.15, 0.2) is 65.3 Å². The molecule has 34 heavy (non-hydrogen) atoms. The van der Waals surface area contributed by atoms with Crippen LogP contribution < -0.4 is 10.6 Å². The van der Waals surface area contributed by atoms with Gasteiger partial charge < -0.3 is 15.1 Å². The summed E-state index contributed by atoms with van der Waals surface area (Å²) in [5.74, 6) is -0.205. The molecule has 0 atom stereocenters. The van der Waals surface area contributed by atoms with Crippen LogP contribution in [-0.2, 0) is 17.8 Å². The maximum Gasteiger partial charge on any atom is 0.291 e. The molecular formula is C25H22Cl2N4O3. The Bertz CT molecular complexity index is 1330. The molecule has 2 amide bonds. The largest absolute Gasteiger partial charge is 0.459 e. The lowest BCUT2D eigenvalue weighted by Crippen LogP contribution is -2.25. The first-order valence-corrected chi connectivity index (χ1v) is 11.3. The maximum atomic E-state index is 12.6. The molecule has 0 unspecified atom stereocenters. The molecule has 4 aromatic rings. The van der Waals surface area contributed by atoms with E-state index in [0.29, 0.717) is 28.0 Å². The minimum atomic E-state index is -0.322. The Morgan fingerprint density at radius 3 is 2.50 bits per heavy atom. The standard InChI is InChI=1S/C25H22Cl2N4O3/c1-15-20(16(2)31(30-15)22-10-7-18(26)12-21(22)27)13-24(32)28-14-17-5-8-19(9-6-17)29-25(33)23-4-3-11-34-23/h3-12H,13-14H2,1-2H3,(H,28,32)(H,29,33). The van der Waals surface area contributed by atoms with Crippen LogP contribution in [0.5, 0.6) is 0 Å². The lowest BCUT2D eigenvalue weighted by Gasteiger charge is -2.09. The van der Waals surface area contributed by atoms with Gasteiger partial charge in [0.05, 0.1) is 29.1 Å². The first-order valence-electron chi connectivity index (χ1n) is 10.5. The van der Waals surface area contributed by atoms with Crippen molar-refractivity contribution in [2.45, 2.75) is 26.8 Å². The first kappa shape index (κ1) is 23.6. The van der Waals surface area contributed by atoms with E-state index in [9.17, 15) is 9.59 Å². The van der Waals surface area contributed by atoms with Crippen LogP contribution in [-0.4, -0.2) is 21.6 Å². The summed E-state index contributed by atoms with van der Waals surface area (Å²) in [4.78, 5) is 24.7. The van der Waals surface area contributed by atoms with Gasteiger partial charge in [-0.1, -0.05) is 35.3 Å². The zero-order valence-electron chi connectivity index (χ0n) is 18.6. The molecule has 2 aromatic carbocycles. The average Bonchev–Trinajstić information content (AvgIpc) is 3.44. The van der Waals surface area contributed by atoms with E-state index in [2.05, 4.69) is 15.7 Å². The van der Waals surface area contributed by atoms with E-state index in [1.807, 2.05) is 26.0 Å². The second-order valence-electron chi connectivity index (χ2n) is 7.74. The van der Waals surface area contributed by atoms with E-state index in [1.165, 1.54) is 6.26 Å². The number of carbonyl (C=O) groups excluding carboxylic acids is 2. The van der Waals surface area contributed by atoms with E-state index in [0.717, 1.165) is 22.5 Å². The molecule has 0 aliphatic rings. The van der Waals surface area contributed by atoms with Gasteiger partial charge in [0.15, 0.2) is 5.76 Å². The van der Waals surface area contributed by atoms with Crippen LogP contribution >= 0.6 is 23.2 Å². The highest BCUT2D eigenvalue weighted by molar-refractivity contribution is 6.35. The third-order valence-electron chi connectivity index (χ3n) is 5.36. The second-order valence-corrected chi connectivity index (χ2v) is 8.58. The van der Waals surface area contributed by atoms with Crippen LogP contribution in [0.2, 0.25) is 10.0 Å². The van der Waals surface area contributed by atoms with Gasteiger partial charge in [0.1, 0.15) is 0 Å². The summed E-state index contributed by atoms with van der Waals surface area (Å²) in [6, 6.07) is 15.7. The molecule has 2 heterocycles. The third kappa shape index (κ3) is 5.32. The fraction of sp³-hybridized carbons (Fsp3) is 0.160. The number of aryl methyl sites for hydroxylation is 1. The minimum Gasteiger partial charge on any atom is -0.459 e. The Morgan fingerprint density at radius 2 is 1.82 bits per heavy atom. The molecule has 4 rings (SSSR count). The van der Waals surface area contributed by atoms with E-state index in [4.69, 9.17) is 27.6 Å². The molecule has 0 spiro atoms. The van der Waals surface area contributed by atoms with Crippen molar-refractivity contribution >= 4 is 40.7 Å². The Hall–Kier alpha value is -3.55. The molecule has 0 aliphatic carbocycles. The summed E-state index contributed by atoms with van der Waals surface area (Å²) in [5.41, 5.74) is 4.69. The first-order chi connectivity index (χ1) is 16.3. The normalized spacial score (nSPS) is 10.8. The third-order valence-corrected chi connectivity index (χ3v) is 5.90. The number of hydrogen-bond acceptors (Lipinski definition) is 4. The minimum absolute atomic E-state index is 0.122. The molecule has 9 heteroatoms. The number of rotatable bonds is 7. The van der Waals surface area contributed by atoms with Crippen LogP contribution in [0.4, 0.5) is 5.69 Å². The van der Waals surface area contributed by atoms with Crippen LogP contribution in [0.1, 0.15) is 33.1 Å². The van der Waals surface area contributed by atoms with Crippen molar-refractivity contribution in [3.05, 3.63) is 99.2 Å². The number of anilines is 1. The van der Waals surface area contributed by atoms with E-state index in [1.54, 1.807) is 47.1 Å². The van der Waals surface area contributed by atoms with E-state index < -0.39 is 0 Å². The van der Waals surface area contributed by atoms with Crippen molar-refractivity contribution in [1.29, 1.82) is 0 Å². The van der Waals surface area contributed by atoms with Gasteiger partial charge in [-0.25, -0.2) is 4.68 Å². The monoisotopic (exact) mass is 496 g/mol. The van der Waals surface area contributed by atoms with Gasteiger partial charge in [-0.05, 0) is 61.9 Å². The number of carbonyl (C=O) groups is 2. The number of furan rings is 1. The fourth-order valence-corrected chi connectivity index (χ4v) is 4.04. The molecule has 0 bridgehead atoms. The van der Waals surface area contributed by atoms with E-state index >= 15 is 0 Å². The maximum absolute atomic E-state index is 12.6. The fourth-order valence-electron chi connectivity index (χ4n) is 3.55. The van der Waals surface area contributed by atoms with Crippen molar-refractivity contribution < 1.29 is 14.0 Å². The average molecular weight is 497 g/mol. The van der Waals surface area contributed by atoms with Gasteiger partial charge >= 0.3 is 0 Å². The number of aromatic nitrogens is 2. The molecular weight excluding hydrogens is 475 g/mol. The van der Waals surface area contributed by atoms with Gasteiger partial charge in [-0.3, -0.25) is 9.59 Å². The Balaban J connectivity index is 1.36. The quantitative estimate of drug-likeness (QED) is 0.353. The highest BCUT2D eigenvalue weighted by Crippen LogP contribution is 2.27. The van der Waals surface area contributed by atoms with Gasteiger partial charge in [-0.2, -0.15) is 5.10 Å². The Labute approximate surface area is 206 Å². The smallest absolute Gasteiger partial charge is 0.291 e.